The van der Waals surface area contributed by atoms with E-state index in [4.69, 9.17) is 9.47 Å². The predicted octanol–water partition coefficient (Wildman–Crippen LogP) is 1.82. The molecule has 1 aromatic carbocycles. The van der Waals surface area contributed by atoms with Crippen molar-refractivity contribution in [1.29, 1.82) is 0 Å². The molecular weight excluding hydrogens is 324 g/mol. The number of piperidine rings is 1. The van der Waals surface area contributed by atoms with Crippen LogP contribution in [0.15, 0.2) is 18.2 Å². The number of carbonyl (C=O) groups excluding carboxylic acids is 3. The van der Waals surface area contributed by atoms with Gasteiger partial charge in [0.15, 0.2) is 6.10 Å². The van der Waals surface area contributed by atoms with E-state index >= 15 is 0 Å². The number of carbonyl (C=O) groups is 3. The third-order valence-electron chi connectivity index (χ3n) is 4.49. The molecule has 3 rings (SSSR count). The maximum atomic E-state index is 12.8. The fourth-order valence-corrected chi connectivity index (χ4v) is 3.13. The molecule has 0 bridgehead atoms. The molecule has 0 radical (unpaired) electrons. The Morgan fingerprint density at radius 3 is 2.96 bits per heavy atom. The van der Waals surface area contributed by atoms with Crippen LogP contribution in [0.3, 0.4) is 0 Å². The number of likely N-dealkylation sites (tertiary alicyclic amines) is 1. The Labute approximate surface area is 146 Å². The third-order valence-corrected chi connectivity index (χ3v) is 4.49. The molecule has 1 saturated heterocycles. The molecule has 0 spiro atoms. The molecule has 2 aliphatic heterocycles. The van der Waals surface area contributed by atoms with E-state index in [0.29, 0.717) is 36.7 Å². The van der Waals surface area contributed by atoms with Crippen LogP contribution in [0.5, 0.6) is 5.75 Å². The molecule has 7 nitrogen and oxygen atoms in total. The normalized spacial score (nSPS) is 22.5. The van der Waals surface area contributed by atoms with Gasteiger partial charge in [-0.2, -0.15) is 0 Å². The highest BCUT2D eigenvalue weighted by molar-refractivity contribution is 6.00. The molecule has 2 heterocycles. The number of hydrogen-bond acceptors (Lipinski definition) is 5. The quantitative estimate of drug-likeness (QED) is 0.844. The first-order chi connectivity index (χ1) is 12.0. The lowest BCUT2D eigenvalue weighted by Crippen LogP contribution is -2.43. The molecule has 1 N–H and O–H groups in total. The molecule has 25 heavy (non-hydrogen) atoms. The van der Waals surface area contributed by atoms with Crippen LogP contribution < -0.4 is 10.1 Å². The molecule has 1 aromatic rings. The zero-order chi connectivity index (χ0) is 18.0. The summed E-state index contributed by atoms with van der Waals surface area (Å²) in [7, 11) is 0. The molecule has 2 aliphatic rings. The molecule has 134 valence electrons. The van der Waals surface area contributed by atoms with Crippen LogP contribution in [0.1, 0.15) is 37.0 Å². The number of rotatable bonds is 3. The monoisotopic (exact) mass is 346 g/mol. The zero-order valence-corrected chi connectivity index (χ0v) is 14.4. The number of esters is 1. The van der Waals surface area contributed by atoms with Gasteiger partial charge >= 0.3 is 5.97 Å². The Morgan fingerprint density at radius 2 is 2.20 bits per heavy atom. The molecule has 0 saturated carbocycles. The highest BCUT2D eigenvalue weighted by Crippen LogP contribution is 2.31. The van der Waals surface area contributed by atoms with Gasteiger partial charge in [0.25, 0.3) is 11.8 Å². The second-order valence-electron chi connectivity index (χ2n) is 6.30. The number of amides is 2. The molecule has 7 heteroatoms. The van der Waals surface area contributed by atoms with Gasteiger partial charge < -0.3 is 19.7 Å². The topological polar surface area (TPSA) is 84.9 Å². The number of fused-ring (bicyclic) bond motifs is 1. The second-order valence-corrected chi connectivity index (χ2v) is 6.30. The van der Waals surface area contributed by atoms with Crippen molar-refractivity contribution in [3.8, 4) is 5.75 Å². The van der Waals surface area contributed by atoms with Crippen LogP contribution in [-0.4, -0.2) is 48.5 Å². The molecule has 2 amide bonds. The van der Waals surface area contributed by atoms with E-state index in [2.05, 4.69) is 5.32 Å². The van der Waals surface area contributed by atoms with Gasteiger partial charge in [-0.15, -0.1) is 0 Å². The Bertz CT molecular complexity index is 703. The summed E-state index contributed by atoms with van der Waals surface area (Å²) in [5.74, 6) is -0.391. The first kappa shape index (κ1) is 17.3. The maximum Gasteiger partial charge on any atom is 0.310 e. The summed E-state index contributed by atoms with van der Waals surface area (Å²) >= 11 is 0. The SMILES string of the molecule is CCOC(=O)C1CCCN(C(=O)c2ccc3c(c2)OC(C)C(=O)N3)C1. The smallest absolute Gasteiger partial charge is 0.310 e. The molecule has 1 fully saturated rings. The van der Waals surface area contributed by atoms with Crippen molar-refractivity contribution in [3.05, 3.63) is 23.8 Å². The number of ether oxygens (including phenoxy) is 2. The zero-order valence-electron chi connectivity index (χ0n) is 14.4. The largest absolute Gasteiger partial charge is 0.479 e. The Morgan fingerprint density at radius 1 is 1.40 bits per heavy atom. The van der Waals surface area contributed by atoms with Crippen molar-refractivity contribution in [2.75, 3.05) is 25.0 Å². The van der Waals surface area contributed by atoms with E-state index < -0.39 is 6.10 Å². The lowest BCUT2D eigenvalue weighted by Gasteiger charge is -2.32. The second kappa shape index (κ2) is 7.13. The molecule has 2 unspecified atom stereocenters. The highest BCUT2D eigenvalue weighted by Gasteiger charge is 2.31. The Balaban J connectivity index is 1.74. The lowest BCUT2D eigenvalue weighted by atomic mass is 9.97. The summed E-state index contributed by atoms with van der Waals surface area (Å²) in [6.45, 7) is 4.75. The van der Waals surface area contributed by atoms with Gasteiger partial charge in [0.2, 0.25) is 0 Å². The summed E-state index contributed by atoms with van der Waals surface area (Å²) in [4.78, 5) is 38.0. The third kappa shape index (κ3) is 3.60. The van der Waals surface area contributed by atoms with Crippen LogP contribution in [-0.2, 0) is 14.3 Å². The summed E-state index contributed by atoms with van der Waals surface area (Å²) in [6.07, 6.45) is 0.907. The van der Waals surface area contributed by atoms with Crippen LogP contribution in [0, 0.1) is 5.92 Å². The molecular formula is C18H22N2O5. The fourth-order valence-electron chi connectivity index (χ4n) is 3.13. The van der Waals surface area contributed by atoms with Crippen molar-refractivity contribution < 1.29 is 23.9 Å². The first-order valence-electron chi connectivity index (χ1n) is 8.57. The highest BCUT2D eigenvalue weighted by atomic mass is 16.5. The minimum atomic E-state index is -0.596. The maximum absolute atomic E-state index is 12.8. The molecule has 0 aliphatic carbocycles. The number of nitrogens with zero attached hydrogens (tertiary/aromatic N) is 1. The standard InChI is InChI=1S/C18H22N2O5/c1-3-24-18(23)13-5-4-8-20(10-13)17(22)12-6-7-14-15(9-12)25-11(2)16(21)19-14/h6-7,9,11,13H,3-5,8,10H2,1-2H3,(H,19,21). The van der Waals surface area contributed by atoms with Crippen molar-refractivity contribution in [1.82, 2.24) is 4.90 Å². The minimum absolute atomic E-state index is 0.148. The van der Waals surface area contributed by atoms with E-state index in [-0.39, 0.29) is 23.7 Å². The van der Waals surface area contributed by atoms with Crippen molar-refractivity contribution in [2.24, 2.45) is 5.92 Å². The number of benzene rings is 1. The van der Waals surface area contributed by atoms with E-state index in [1.165, 1.54) is 0 Å². The minimum Gasteiger partial charge on any atom is -0.479 e. The van der Waals surface area contributed by atoms with E-state index in [1.807, 2.05) is 0 Å². The van der Waals surface area contributed by atoms with Crippen molar-refractivity contribution >= 4 is 23.5 Å². The van der Waals surface area contributed by atoms with Gasteiger partial charge in [-0.25, -0.2) is 0 Å². The molecule has 2 atom stereocenters. The van der Waals surface area contributed by atoms with Gasteiger partial charge in [-0.05, 0) is 44.9 Å². The van der Waals surface area contributed by atoms with Crippen molar-refractivity contribution in [2.45, 2.75) is 32.8 Å². The summed E-state index contributed by atoms with van der Waals surface area (Å²) in [6, 6.07) is 4.97. The Kier molecular flexibility index (Phi) is 4.92. The number of anilines is 1. The van der Waals surface area contributed by atoms with Crippen LogP contribution in [0.4, 0.5) is 5.69 Å². The first-order valence-corrected chi connectivity index (χ1v) is 8.57. The summed E-state index contributed by atoms with van der Waals surface area (Å²) < 4.78 is 10.6. The predicted molar refractivity (Wildman–Crippen MR) is 90.4 cm³/mol. The average Bonchev–Trinajstić information content (AvgIpc) is 2.62. The van der Waals surface area contributed by atoms with Gasteiger partial charge in [0.1, 0.15) is 5.75 Å². The van der Waals surface area contributed by atoms with Gasteiger partial charge in [0.05, 0.1) is 18.2 Å². The molecule has 0 aromatic heterocycles. The Hall–Kier alpha value is -2.57. The van der Waals surface area contributed by atoms with Crippen molar-refractivity contribution in [3.63, 3.8) is 0 Å². The lowest BCUT2D eigenvalue weighted by molar-refractivity contribution is -0.149. The van der Waals surface area contributed by atoms with Crippen LogP contribution >= 0.6 is 0 Å². The summed E-state index contributed by atoms with van der Waals surface area (Å²) in [5, 5.41) is 2.74. The fraction of sp³-hybridized carbons (Fsp3) is 0.500. The van der Waals surface area contributed by atoms with E-state index in [0.717, 1.165) is 12.8 Å². The van der Waals surface area contributed by atoms with E-state index in [9.17, 15) is 14.4 Å². The van der Waals surface area contributed by atoms with E-state index in [1.54, 1.807) is 36.9 Å². The summed E-state index contributed by atoms with van der Waals surface area (Å²) in [5.41, 5.74) is 1.04. The van der Waals surface area contributed by atoms with Gasteiger partial charge in [-0.3, -0.25) is 14.4 Å². The number of hydrogen-bond donors (Lipinski definition) is 1. The van der Waals surface area contributed by atoms with Gasteiger partial charge in [-0.1, -0.05) is 0 Å². The van der Waals surface area contributed by atoms with Gasteiger partial charge in [0, 0.05) is 18.7 Å². The van der Waals surface area contributed by atoms with Crippen LogP contribution in [0.25, 0.3) is 0 Å². The average molecular weight is 346 g/mol. The number of nitrogens with one attached hydrogen (secondary N) is 1. The van der Waals surface area contributed by atoms with Crippen LogP contribution in [0.2, 0.25) is 0 Å².